The van der Waals surface area contributed by atoms with E-state index in [1.165, 1.54) is 0 Å². The number of anilines is 1. The predicted molar refractivity (Wildman–Crippen MR) is 63.0 cm³/mol. The van der Waals surface area contributed by atoms with Crippen LogP contribution in [0.1, 0.15) is 0 Å². The first kappa shape index (κ1) is 9.47. The number of H-pyrrole nitrogens is 1. The molecule has 1 aliphatic heterocycles. The van der Waals surface area contributed by atoms with Crippen LogP contribution in [-0.4, -0.2) is 29.4 Å². The van der Waals surface area contributed by atoms with Gasteiger partial charge in [-0.2, -0.15) is 5.10 Å². The first-order valence-electron chi connectivity index (χ1n) is 4.90. The lowest BCUT2D eigenvalue weighted by atomic mass is 10.2. The molecule has 0 aliphatic carbocycles. The lowest BCUT2D eigenvalue weighted by Crippen LogP contribution is -2.11. The standard InChI is InChI=1S/C10H9ClN4O/c11-9-6-5-13-15-7(6)1-2-8(9)14-10-12-3-4-16-10/h1-2,5H,3-4H2,(H,12,14)(H,13,15). The summed E-state index contributed by atoms with van der Waals surface area (Å²) in [5.41, 5.74) is 1.68. The highest BCUT2D eigenvalue weighted by Gasteiger charge is 2.11. The van der Waals surface area contributed by atoms with E-state index in [0.29, 0.717) is 24.2 Å². The molecule has 0 atom stereocenters. The molecule has 0 amide bonds. The third-order valence-corrected chi connectivity index (χ3v) is 2.79. The quantitative estimate of drug-likeness (QED) is 0.796. The number of ether oxygens (including phenoxy) is 1. The lowest BCUT2D eigenvalue weighted by Gasteiger charge is -2.07. The third kappa shape index (κ3) is 1.49. The van der Waals surface area contributed by atoms with E-state index in [2.05, 4.69) is 20.5 Å². The Labute approximate surface area is 96.5 Å². The molecular weight excluding hydrogens is 228 g/mol. The van der Waals surface area contributed by atoms with E-state index < -0.39 is 0 Å². The van der Waals surface area contributed by atoms with E-state index in [-0.39, 0.29) is 0 Å². The fourth-order valence-corrected chi connectivity index (χ4v) is 1.87. The van der Waals surface area contributed by atoms with Crippen LogP contribution < -0.4 is 5.32 Å². The van der Waals surface area contributed by atoms with Gasteiger partial charge in [-0.25, -0.2) is 4.99 Å². The summed E-state index contributed by atoms with van der Waals surface area (Å²) in [7, 11) is 0. The first-order valence-corrected chi connectivity index (χ1v) is 5.28. The Morgan fingerprint density at radius 2 is 2.38 bits per heavy atom. The number of aromatic amines is 1. The molecule has 0 radical (unpaired) electrons. The second kappa shape index (κ2) is 3.68. The molecule has 6 heteroatoms. The Morgan fingerprint density at radius 1 is 1.44 bits per heavy atom. The van der Waals surface area contributed by atoms with Crippen LogP contribution in [0.25, 0.3) is 10.9 Å². The van der Waals surface area contributed by atoms with E-state index in [4.69, 9.17) is 16.3 Å². The van der Waals surface area contributed by atoms with Gasteiger partial charge in [-0.05, 0) is 12.1 Å². The molecule has 0 spiro atoms. The molecular formula is C10H9ClN4O. The molecule has 82 valence electrons. The van der Waals surface area contributed by atoms with Crippen molar-refractivity contribution >= 4 is 34.2 Å². The van der Waals surface area contributed by atoms with Gasteiger partial charge in [-0.3, -0.25) is 5.10 Å². The number of rotatable bonds is 1. The van der Waals surface area contributed by atoms with Crippen molar-refractivity contribution in [2.24, 2.45) is 4.99 Å². The molecule has 2 aromatic rings. The Hall–Kier alpha value is -1.75. The minimum atomic E-state index is 0.518. The number of benzene rings is 1. The number of amidine groups is 1. The summed E-state index contributed by atoms with van der Waals surface area (Å²) in [5.74, 6) is 0. The maximum absolute atomic E-state index is 6.23. The van der Waals surface area contributed by atoms with Crippen LogP contribution in [0.15, 0.2) is 23.3 Å². The van der Waals surface area contributed by atoms with Gasteiger partial charge in [-0.15, -0.1) is 0 Å². The summed E-state index contributed by atoms with van der Waals surface area (Å²) in [6.07, 6.45) is 1.69. The van der Waals surface area contributed by atoms with Crippen molar-refractivity contribution in [2.75, 3.05) is 18.5 Å². The fourth-order valence-electron chi connectivity index (χ4n) is 1.61. The predicted octanol–water partition coefficient (Wildman–Crippen LogP) is 2.01. The van der Waals surface area contributed by atoms with Crippen molar-refractivity contribution in [1.29, 1.82) is 0 Å². The Bertz CT molecular complexity index is 563. The van der Waals surface area contributed by atoms with E-state index >= 15 is 0 Å². The Balaban J connectivity index is 1.99. The first-order chi connectivity index (χ1) is 7.84. The summed E-state index contributed by atoms with van der Waals surface area (Å²) < 4.78 is 5.26. The Morgan fingerprint density at radius 3 is 3.19 bits per heavy atom. The zero-order chi connectivity index (χ0) is 11.0. The molecule has 1 aromatic carbocycles. The molecule has 3 rings (SSSR count). The molecule has 1 aliphatic rings. The normalized spacial score (nSPS) is 14.9. The Kier molecular flexibility index (Phi) is 2.18. The topological polar surface area (TPSA) is 62.3 Å². The van der Waals surface area contributed by atoms with E-state index in [0.717, 1.165) is 16.6 Å². The van der Waals surface area contributed by atoms with Gasteiger partial charge in [0.15, 0.2) is 0 Å². The monoisotopic (exact) mass is 236 g/mol. The second-order valence-electron chi connectivity index (χ2n) is 3.42. The van der Waals surface area contributed by atoms with Crippen LogP contribution in [0.5, 0.6) is 0 Å². The van der Waals surface area contributed by atoms with Gasteiger partial charge in [0.05, 0.1) is 29.0 Å². The highest BCUT2D eigenvalue weighted by Crippen LogP contribution is 2.29. The van der Waals surface area contributed by atoms with Crippen LogP contribution in [0, 0.1) is 0 Å². The number of halogens is 1. The van der Waals surface area contributed by atoms with Crippen LogP contribution in [0.3, 0.4) is 0 Å². The summed E-state index contributed by atoms with van der Waals surface area (Å²) in [6.45, 7) is 1.31. The SMILES string of the molecule is Clc1c(NC2=NCCO2)ccc2[nH]ncc12. The van der Waals surface area contributed by atoms with Crippen molar-refractivity contribution in [2.45, 2.75) is 0 Å². The maximum Gasteiger partial charge on any atom is 0.289 e. The van der Waals surface area contributed by atoms with Crippen molar-refractivity contribution < 1.29 is 4.74 Å². The summed E-state index contributed by atoms with van der Waals surface area (Å²) in [4.78, 5) is 4.14. The van der Waals surface area contributed by atoms with Crippen molar-refractivity contribution in [3.63, 3.8) is 0 Å². The maximum atomic E-state index is 6.23. The number of nitrogens with one attached hydrogen (secondary N) is 2. The third-order valence-electron chi connectivity index (χ3n) is 2.39. The van der Waals surface area contributed by atoms with E-state index in [1.807, 2.05) is 12.1 Å². The average Bonchev–Trinajstić information content (AvgIpc) is 2.93. The van der Waals surface area contributed by atoms with Crippen LogP contribution in [0.4, 0.5) is 5.69 Å². The molecule has 1 aromatic heterocycles. The largest absolute Gasteiger partial charge is 0.463 e. The molecule has 2 heterocycles. The van der Waals surface area contributed by atoms with Gasteiger partial charge in [0, 0.05) is 5.39 Å². The van der Waals surface area contributed by atoms with E-state index in [9.17, 15) is 0 Å². The fraction of sp³-hybridized carbons (Fsp3) is 0.200. The lowest BCUT2D eigenvalue weighted by molar-refractivity contribution is 0.346. The summed E-state index contributed by atoms with van der Waals surface area (Å²) in [6, 6.07) is 4.30. The summed E-state index contributed by atoms with van der Waals surface area (Å²) in [5, 5.41) is 11.3. The van der Waals surface area contributed by atoms with Gasteiger partial charge < -0.3 is 10.1 Å². The molecule has 0 fully saturated rings. The molecule has 0 saturated heterocycles. The van der Waals surface area contributed by atoms with Gasteiger partial charge in [-0.1, -0.05) is 11.6 Å². The summed E-state index contributed by atoms with van der Waals surface area (Å²) >= 11 is 6.23. The number of hydrogen-bond donors (Lipinski definition) is 2. The van der Waals surface area contributed by atoms with Crippen LogP contribution in [-0.2, 0) is 4.74 Å². The smallest absolute Gasteiger partial charge is 0.289 e. The van der Waals surface area contributed by atoms with Crippen LogP contribution in [0.2, 0.25) is 5.02 Å². The second-order valence-corrected chi connectivity index (χ2v) is 3.80. The molecule has 0 unspecified atom stereocenters. The van der Waals surface area contributed by atoms with Crippen molar-refractivity contribution in [3.8, 4) is 0 Å². The molecule has 2 N–H and O–H groups in total. The average molecular weight is 237 g/mol. The molecule has 16 heavy (non-hydrogen) atoms. The number of aromatic nitrogens is 2. The van der Waals surface area contributed by atoms with Gasteiger partial charge in [0.1, 0.15) is 6.61 Å². The molecule has 5 nitrogen and oxygen atoms in total. The number of nitrogens with zero attached hydrogens (tertiary/aromatic N) is 2. The number of aliphatic imine (C=N–C) groups is 1. The minimum Gasteiger partial charge on any atom is -0.463 e. The van der Waals surface area contributed by atoms with Gasteiger partial charge in [0.25, 0.3) is 6.02 Å². The zero-order valence-electron chi connectivity index (χ0n) is 8.33. The molecule has 0 saturated carbocycles. The van der Waals surface area contributed by atoms with Crippen LogP contribution >= 0.6 is 11.6 Å². The number of fused-ring (bicyclic) bond motifs is 1. The highest BCUT2D eigenvalue weighted by atomic mass is 35.5. The van der Waals surface area contributed by atoms with Gasteiger partial charge >= 0.3 is 0 Å². The van der Waals surface area contributed by atoms with Gasteiger partial charge in [0.2, 0.25) is 0 Å². The molecule has 0 bridgehead atoms. The van der Waals surface area contributed by atoms with Crippen molar-refractivity contribution in [3.05, 3.63) is 23.4 Å². The minimum absolute atomic E-state index is 0.518. The zero-order valence-corrected chi connectivity index (χ0v) is 9.08. The highest BCUT2D eigenvalue weighted by molar-refractivity contribution is 6.38. The number of hydrogen-bond acceptors (Lipinski definition) is 4. The van der Waals surface area contributed by atoms with E-state index in [1.54, 1.807) is 6.20 Å². The van der Waals surface area contributed by atoms with Crippen molar-refractivity contribution in [1.82, 2.24) is 10.2 Å².